The molecule has 20 heavy (non-hydrogen) atoms. The first-order chi connectivity index (χ1) is 9.38. The molecule has 2 rings (SSSR count). The topological polar surface area (TPSA) is 29.3 Å². The van der Waals surface area contributed by atoms with E-state index in [2.05, 4.69) is 4.90 Å². The number of hydrogen-bond acceptors (Lipinski definition) is 2. The Kier molecular flexibility index (Phi) is 4.94. The number of nitrogens with zero attached hydrogens (tertiary/aromatic N) is 1. The molecule has 2 nitrogen and oxygen atoms in total. The standard InChI is InChI=1S/C14H18ClF3N2/c15-13-6-11(5-12(7-13)14(16,17)18)9-20-3-1-10(8-19)2-4-20/h5-7,10H,1-4,8-9,19H2. The van der Waals surface area contributed by atoms with E-state index in [9.17, 15) is 13.2 Å². The summed E-state index contributed by atoms with van der Waals surface area (Å²) >= 11 is 5.78. The van der Waals surface area contributed by atoms with Gasteiger partial charge in [-0.3, -0.25) is 4.90 Å². The van der Waals surface area contributed by atoms with Gasteiger partial charge in [0.25, 0.3) is 0 Å². The van der Waals surface area contributed by atoms with Crippen LogP contribution in [0.4, 0.5) is 13.2 Å². The van der Waals surface area contributed by atoms with Crippen molar-refractivity contribution in [2.24, 2.45) is 11.7 Å². The van der Waals surface area contributed by atoms with Gasteiger partial charge in [0.1, 0.15) is 0 Å². The van der Waals surface area contributed by atoms with Crippen LogP contribution in [-0.2, 0) is 12.7 Å². The van der Waals surface area contributed by atoms with Crippen molar-refractivity contribution < 1.29 is 13.2 Å². The van der Waals surface area contributed by atoms with E-state index in [-0.39, 0.29) is 5.02 Å². The molecule has 1 aromatic carbocycles. The Morgan fingerprint density at radius 3 is 2.40 bits per heavy atom. The van der Waals surface area contributed by atoms with Gasteiger partial charge in [-0.1, -0.05) is 11.6 Å². The number of nitrogens with two attached hydrogens (primary N) is 1. The van der Waals surface area contributed by atoms with Crippen molar-refractivity contribution in [2.75, 3.05) is 19.6 Å². The van der Waals surface area contributed by atoms with Crippen molar-refractivity contribution in [3.05, 3.63) is 34.3 Å². The van der Waals surface area contributed by atoms with Gasteiger partial charge in [-0.15, -0.1) is 0 Å². The molecule has 0 saturated carbocycles. The minimum atomic E-state index is -4.35. The Morgan fingerprint density at radius 1 is 1.20 bits per heavy atom. The first kappa shape index (κ1) is 15.6. The van der Waals surface area contributed by atoms with Crippen LogP contribution in [0.25, 0.3) is 0 Å². The number of rotatable bonds is 3. The summed E-state index contributed by atoms with van der Waals surface area (Å²) in [5, 5.41) is 0.131. The van der Waals surface area contributed by atoms with Crippen molar-refractivity contribution in [1.29, 1.82) is 0 Å². The predicted octanol–water partition coefficient (Wildman–Crippen LogP) is 3.53. The van der Waals surface area contributed by atoms with Gasteiger partial charge >= 0.3 is 6.18 Å². The number of alkyl halides is 3. The Labute approximate surface area is 121 Å². The van der Waals surface area contributed by atoms with Crippen molar-refractivity contribution in [3.63, 3.8) is 0 Å². The smallest absolute Gasteiger partial charge is 0.330 e. The lowest BCUT2D eigenvalue weighted by Gasteiger charge is -2.31. The molecule has 0 bridgehead atoms. The quantitative estimate of drug-likeness (QED) is 0.925. The molecule has 6 heteroatoms. The number of likely N-dealkylation sites (tertiary alicyclic amines) is 1. The third kappa shape index (κ3) is 4.11. The summed E-state index contributed by atoms with van der Waals surface area (Å²) in [6.45, 7) is 2.93. The molecule has 0 spiro atoms. The summed E-state index contributed by atoms with van der Waals surface area (Å²) in [7, 11) is 0. The molecular weight excluding hydrogens is 289 g/mol. The summed E-state index contributed by atoms with van der Waals surface area (Å²) in [5.74, 6) is 0.538. The molecule has 2 N–H and O–H groups in total. The van der Waals surface area contributed by atoms with Crippen LogP contribution in [-0.4, -0.2) is 24.5 Å². The highest BCUT2D eigenvalue weighted by molar-refractivity contribution is 6.30. The normalized spacial score (nSPS) is 18.4. The van der Waals surface area contributed by atoms with Gasteiger partial charge in [0.15, 0.2) is 0 Å². The summed E-state index contributed by atoms with van der Waals surface area (Å²) in [5.41, 5.74) is 5.55. The first-order valence-electron chi connectivity index (χ1n) is 6.67. The van der Waals surface area contributed by atoms with E-state index < -0.39 is 11.7 Å². The molecule has 0 atom stereocenters. The molecule has 1 fully saturated rings. The van der Waals surface area contributed by atoms with E-state index in [1.807, 2.05) is 0 Å². The van der Waals surface area contributed by atoms with Crippen LogP contribution in [0.5, 0.6) is 0 Å². The maximum Gasteiger partial charge on any atom is 0.416 e. The fourth-order valence-corrected chi connectivity index (χ4v) is 2.80. The molecule has 0 radical (unpaired) electrons. The minimum Gasteiger partial charge on any atom is -0.330 e. The zero-order valence-electron chi connectivity index (χ0n) is 11.1. The van der Waals surface area contributed by atoms with E-state index in [0.29, 0.717) is 24.6 Å². The maximum absolute atomic E-state index is 12.7. The van der Waals surface area contributed by atoms with Gasteiger partial charge in [0.2, 0.25) is 0 Å². The average molecular weight is 307 g/mol. The van der Waals surface area contributed by atoms with Gasteiger partial charge < -0.3 is 5.73 Å². The van der Waals surface area contributed by atoms with Crippen LogP contribution in [0.15, 0.2) is 18.2 Å². The highest BCUT2D eigenvalue weighted by atomic mass is 35.5. The summed E-state index contributed by atoms with van der Waals surface area (Å²) in [6, 6.07) is 3.75. The molecule has 0 aromatic heterocycles. The third-order valence-electron chi connectivity index (χ3n) is 3.73. The van der Waals surface area contributed by atoms with E-state index in [1.165, 1.54) is 6.07 Å². The molecule has 0 unspecified atom stereocenters. The predicted molar refractivity (Wildman–Crippen MR) is 73.5 cm³/mol. The van der Waals surface area contributed by atoms with Crippen LogP contribution < -0.4 is 5.73 Å². The van der Waals surface area contributed by atoms with Gasteiger partial charge in [-0.05, 0) is 62.2 Å². The number of hydrogen-bond donors (Lipinski definition) is 1. The molecule has 1 aromatic rings. The van der Waals surface area contributed by atoms with Crippen LogP contribution in [0.2, 0.25) is 5.02 Å². The Balaban J connectivity index is 2.05. The second-order valence-electron chi connectivity index (χ2n) is 5.30. The lowest BCUT2D eigenvalue weighted by Crippen LogP contribution is -2.35. The number of benzene rings is 1. The van der Waals surface area contributed by atoms with Gasteiger partial charge in [0, 0.05) is 11.6 Å². The van der Waals surface area contributed by atoms with Crippen LogP contribution in [0, 0.1) is 5.92 Å². The lowest BCUT2D eigenvalue weighted by molar-refractivity contribution is -0.137. The Hall–Kier alpha value is -0.780. The minimum absolute atomic E-state index is 0.131. The first-order valence-corrected chi connectivity index (χ1v) is 7.05. The second-order valence-corrected chi connectivity index (χ2v) is 5.74. The zero-order valence-corrected chi connectivity index (χ0v) is 11.8. The van der Waals surface area contributed by atoms with Gasteiger partial charge in [-0.2, -0.15) is 13.2 Å². The second kappa shape index (κ2) is 6.33. The molecule has 112 valence electrons. The Morgan fingerprint density at radius 2 is 1.85 bits per heavy atom. The molecule has 1 aliphatic heterocycles. The van der Waals surface area contributed by atoms with Crippen molar-refractivity contribution in [3.8, 4) is 0 Å². The summed E-state index contributed by atoms with van der Waals surface area (Å²) in [6.07, 6.45) is -2.35. The number of halogens is 4. The van der Waals surface area contributed by atoms with E-state index >= 15 is 0 Å². The van der Waals surface area contributed by atoms with E-state index in [1.54, 1.807) is 6.07 Å². The fraction of sp³-hybridized carbons (Fsp3) is 0.571. The maximum atomic E-state index is 12.7. The highest BCUT2D eigenvalue weighted by Crippen LogP contribution is 2.32. The Bertz CT molecular complexity index is 454. The fourth-order valence-electron chi connectivity index (χ4n) is 2.54. The number of piperidine rings is 1. The molecule has 0 amide bonds. The van der Waals surface area contributed by atoms with Crippen molar-refractivity contribution >= 4 is 11.6 Å². The van der Waals surface area contributed by atoms with E-state index in [0.717, 1.165) is 32.0 Å². The van der Waals surface area contributed by atoms with E-state index in [4.69, 9.17) is 17.3 Å². The largest absolute Gasteiger partial charge is 0.416 e. The molecule has 1 heterocycles. The molecule has 1 aliphatic rings. The van der Waals surface area contributed by atoms with Crippen LogP contribution >= 0.6 is 11.6 Å². The summed E-state index contributed by atoms with van der Waals surface area (Å²) in [4.78, 5) is 2.15. The SMILES string of the molecule is NCC1CCN(Cc2cc(Cl)cc(C(F)(F)F)c2)CC1. The van der Waals surface area contributed by atoms with Crippen molar-refractivity contribution in [2.45, 2.75) is 25.6 Å². The molecule has 0 aliphatic carbocycles. The highest BCUT2D eigenvalue weighted by Gasteiger charge is 2.31. The average Bonchev–Trinajstić information content (AvgIpc) is 2.38. The van der Waals surface area contributed by atoms with Gasteiger partial charge in [0.05, 0.1) is 5.56 Å². The molecule has 1 saturated heterocycles. The van der Waals surface area contributed by atoms with Crippen LogP contribution in [0.1, 0.15) is 24.0 Å². The zero-order chi connectivity index (χ0) is 14.8. The third-order valence-corrected chi connectivity index (χ3v) is 3.95. The lowest BCUT2D eigenvalue weighted by atomic mass is 9.96. The van der Waals surface area contributed by atoms with Gasteiger partial charge in [-0.25, -0.2) is 0 Å². The van der Waals surface area contributed by atoms with Crippen LogP contribution in [0.3, 0.4) is 0 Å². The van der Waals surface area contributed by atoms with Crippen molar-refractivity contribution in [1.82, 2.24) is 4.90 Å². The monoisotopic (exact) mass is 306 g/mol. The molecular formula is C14H18ClF3N2. The summed E-state index contributed by atoms with van der Waals surface area (Å²) < 4.78 is 38.2.